The van der Waals surface area contributed by atoms with E-state index in [0.717, 1.165) is 5.56 Å². The molecule has 2 N–H and O–H groups in total. The van der Waals surface area contributed by atoms with Crippen LogP contribution in [0.15, 0.2) is 23.3 Å². The summed E-state index contributed by atoms with van der Waals surface area (Å²) in [5, 5.41) is 13.2. The lowest BCUT2D eigenvalue weighted by molar-refractivity contribution is -0.141. The second-order valence-corrected chi connectivity index (χ2v) is 3.33. The monoisotopic (exact) mass is 252 g/mol. The largest absolute Gasteiger partial charge is 0.504 e. The first-order valence-electron chi connectivity index (χ1n) is 5.46. The van der Waals surface area contributed by atoms with E-state index in [2.05, 4.69) is 10.5 Å². The zero-order valence-electron chi connectivity index (χ0n) is 10.3. The van der Waals surface area contributed by atoms with Crippen molar-refractivity contribution in [2.75, 3.05) is 20.3 Å². The number of esters is 1. The molecule has 0 heterocycles. The summed E-state index contributed by atoms with van der Waals surface area (Å²) in [5.41, 5.74) is 3.30. The summed E-state index contributed by atoms with van der Waals surface area (Å²) in [6.45, 7) is 2.10. The minimum Gasteiger partial charge on any atom is -0.504 e. The van der Waals surface area contributed by atoms with Gasteiger partial charge < -0.3 is 14.6 Å². The van der Waals surface area contributed by atoms with Gasteiger partial charge in [-0.05, 0) is 30.7 Å². The smallest absolute Gasteiger partial charge is 0.327 e. The van der Waals surface area contributed by atoms with Crippen molar-refractivity contribution >= 4 is 12.2 Å². The topological polar surface area (TPSA) is 80.2 Å². The van der Waals surface area contributed by atoms with E-state index >= 15 is 0 Å². The first-order chi connectivity index (χ1) is 8.67. The fraction of sp³-hybridized carbons (Fsp3) is 0.333. The van der Waals surface area contributed by atoms with Crippen molar-refractivity contribution in [1.29, 1.82) is 0 Å². The maximum Gasteiger partial charge on any atom is 0.327 e. The average molecular weight is 252 g/mol. The molecule has 0 saturated carbocycles. The molecule has 0 radical (unpaired) electrons. The predicted octanol–water partition coefficient (Wildman–Crippen LogP) is 0.887. The summed E-state index contributed by atoms with van der Waals surface area (Å²) in [7, 11) is 1.47. The zero-order valence-corrected chi connectivity index (χ0v) is 10.3. The number of nitrogens with one attached hydrogen (secondary N) is 1. The number of hydrogen-bond acceptors (Lipinski definition) is 6. The second kappa shape index (κ2) is 7.16. The highest BCUT2D eigenvalue weighted by Gasteiger charge is 2.01. The number of methoxy groups -OCH3 is 1. The van der Waals surface area contributed by atoms with Gasteiger partial charge in [-0.2, -0.15) is 5.10 Å². The fourth-order valence-corrected chi connectivity index (χ4v) is 1.22. The van der Waals surface area contributed by atoms with E-state index in [1.165, 1.54) is 19.4 Å². The molecule has 6 heteroatoms. The molecule has 0 atom stereocenters. The number of benzene rings is 1. The van der Waals surface area contributed by atoms with Crippen LogP contribution in [0.1, 0.15) is 12.5 Å². The van der Waals surface area contributed by atoms with Crippen molar-refractivity contribution in [3.05, 3.63) is 23.8 Å². The molecule has 18 heavy (non-hydrogen) atoms. The Morgan fingerprint density at radius 3 is 3.00 bits per heavy atom. The number of phenols is 1. The highest BCUT2D eigenvalue weighted by atomic mass is 16.5. The van der Waals surface area contributed by atoms with Crippen LogP contribution in [0.4, 0.5) is 0 Å². The Morgan fingerprint density at radius 1 is 1.56 bits per heavy atom. The van der Waals surface area contributed by atoms with Crippen molar-refractivity contribution in [2.45, 2.75) is 6.92 Å². The third-order valence-electron chi connectivity index (χ3n) is 2.04. The standard InChI is InChI=1S/C12H16N2O4/c1-3-18-12(16)8-14-13-7-9-4-5-10(15)11(6-9)17-2/h4-7,14-15H,3,8H2,1-2H3. The molecule has 0 bridgehead atoms. The molecule has 0 aromatic heterocycles. The van der Waals surface area contributed by atoms with E-state index in [4.69, 9.17) is 9.47 Å². The van der Waals surface area contributed by atoms with Crippen LogP contribution in [0.25, 0.3) is 0 Å². The van der Waals surface area contributed by atoms with Gasteiger partial charge in [-0.15, -0.1) is 0 Å². The quantitative estimate of drug-likeness (QED) is 0.446. The van der Waals surface area contributed by atoms with E-state index in [1.807, 2.05) is 0 Å². The molecule has 0 aliphatic carbocycles. The average Bonchev–Trinajstić information content (AvgIpc) is 2.37. The SMILES string of the molecule is CCOC(=O)CNN=Cc1ccc(O)c(OC)c1. The van der Waals surface area contributed by atoms with Crippen molar-refractivity contribution < 1.29 is 19.4 Å². The Kier molecular flexibility index (Phi) is 5.50. The molecular formula is C12H16N2O4. The van der Waals surface area contributed by atoms with Crippen LogP contribution in [0, 0.1) is 0 Å². The molecule has 1 aromatic rings. The van der Waals surface area contributed by atoms with Gasteiger partial charge in [0.2, 0.25) is 0 Å². The Bertz CT molecular complexity index is 432. The molecule has 0 amide bonds. The maximum absolute atomic E-state index is 11.0. The third kappa shape index (κ3) is 4.32. The summed E-state index contributed by atoms with van der Waals surface area (Å²) in [6, 6.07) is 4.81. The highest BCUT2D eigenvalue weighted by Crippen LogP contribution is 2.25. The number of ether oxygens (including phenoxy) is 2. The van der Waals surface area contributed by atoms with Crippen LogP contribution in [0.3, 0.4) is 0 Å². The molecule has 0 unspecified atom stereocenters. The van der Waals surface area contributed by atoms with E-state index < -0.39 is 0 Å². The van der Waals surface area contributed by atoms with Gasteiger partial charge >= 0.3 is 5.97 Å². The zero-order chi connectivity index (χ0) is 13.4. The minimum atomic E-state index is -0.363. The first kappa shape index (κ1) is 13.8. The van der Waals surface area contributed by atoms with Crippen molar-refractivity contribution in [2.24, 2.45) is 5.10 Å². The number of nitrogens with zero attached hydrogens (tertiary/aromatic N) is 1. The molecule has 98 valence electrons. The molecular weight excluding hydrogens is 236 g/mol. The third-order valence-corrected chi connectivity index (χ3v) is 2.04. The van der Waals surface area contributed by atoms with E-state index in [0.29, 0.717) is 12.4 Å². The molecule has 0 spiro atoms. The lowest BCUT2D eigenvalue weighted by atomic mass is 10.2. The normalized spacial score (nSPS) is 10.3. The number of hydrazone groups is 1. The van der Waals surface area contributed by atoms with Gasteiger partial charge in [-0.25, -0.2) is 0 Å². The number of carbonyl (C=O) groups is 1. The van der Waals surface area contributed by atoms with Gasteiger partial charge in [-0.3, -0.25) is 10.2 Å². The predicted molar refractivity (Wildman–Crippen MR) is 66.9 cm³/mol. The van der Waals surface area contributed by atoms with Crippen LogP contribution in [-0.4, -0.2) is 37.6 Å². The summed E-state index contributed by atoms with van der Waals surface area (Å²) >= 11 is 0. The Balaban J connectivity index is 2.49. The molecule has 0 fully saturated rings. The summed E-state index contributed by atoms with van der Waals surface area (Å²) in [6.07, 6.45) is 1.52. The van der Waals surface area contributed by atoms with Gasteiger partial charge in [0.1, 0.15) is 6.54 Å². The van der Waals surface area contributed by atoms with Crippen LogP contribution in [-0.2, 0) is 9.53 Å². The molecule has 0 aliphatic rings. The highest BCUT2D eigenvalue weighted by molar-refractivity contribution is 5.81. The summed E-state index contributed by atoms with van der Waals surface area (Å²) in [5.74, 6) is 0.0661. The van der Waals surface area contributed by atoms with Gasteiger partial charge in [-0.1, -0.05) is 0 Å². The van der Waals surface area contributed by atoms with E-state index in [1.54, 1.807) is 19.1 Å². The number of hydrogen-bond donors (Lipinski definition) is 2. The van der Waals surface area contributed by atoms with E-state index in [9.17, 15) is 9.90 Å². The summed E-state index contributed by atoms with van der Waals surface area (Å²) < 4.78 is 9.67. The minimum absolute atomic E-state index is 0.0135. The Morgan fingerprint density at radius 2 is 2.33 bits per heavy atom. The molecule has 1 aromatic carbocycles. The van der Waals surface area contributed by atoms with Gasteiger partial charge in [0.25, 0.3) is 0 Å². The van der Waals surface area contributed by atoms with Crippen LogP contribution in [0.5, 0.6) is 11.5 Å². The number of carbonyl (C=O) groups excluding carboxylic acids is 1. The van der Waals surface area contributed by atoms with Crippen molar-refractivity contribution in [3.8, 4) is 11.5 Å². The summed E-state index contributed by atoms with van der Waals surface area (Å²) in [4.78, 5) is 11.0. The van der Waals surface area contributed by atoms with Crippen LogP contribution < -0.4 is 10.2 Å². The Labute approximate surface area is 105 Å². The lowest BCUT2D eigenvalue weighted by Gasteiger charge is -2.03. The molecule has 6 nitrogen and oxygen atoms in total. The van der Waals surface area contributed by atoms with Gasteiger partial charge in [0, 0.05) is 0 Å². The lowest BCUT2D eigenvalue weighted by Crippen LogP contribution is -2.20. The van der Waals surface area contributed by atoms with Crippen molar-refractivity contribution in [1.82, 2.24) is 5.43 Å². The number of rotatable bonds is 6. The number of phenolic OH excluding ortho intramolecular Hbond substituents is 1. The van der Waals surface area contributed by atoms with Gasteiger partial charge in [0.15, 0.2) is 11.5 Å². The number of aromatic hydroxyl groups is 1. The van der Waals surface area contributed by atoms with Crippen LogP contribution in [0.2, 0.25) is 0 Å². The second-order valence-electron chi connectivity index (χ2n) is 3.33. The molecule has 0 saturated heterocycles. The fourth-order valence-electron chi connectivity index (χ4n) is 1.22. The first-order valence-corrected chi connectivity index (χ1v) is 5.46. The maximum atomic E-state index is 11.0. The van der Waals surface area contributed by atoms with E-state index in [-0.39, 0.29) is 18.3 Å². The van der Waals surface area contributed by atoms with Crippen molar-refractivity contribution in [3.63, 3.8) is 0 Å². The Hall–Kier alpha value is -2.24. The van der Waals surface area contributed by atoms with Crippen LogP contribution >= 0.6 is 0 Å². The molecule has 0 aliphatic heterocycles. The molecule has 1 rings (SSSR count). The van der Waals surface area contributed by atoms with Gasteiger partial charge in [0.05, 0.1) is 19.9 Å².